The Morgan fingerprint density at radius 1 is 0.795 bits per heavy atom. The van der Waals surface area contributed by atoms with E-state index in [0.717, 1.165) is 15.4 Å². The van der Waals surface area contributed by atoms with Gasteiger partial charge in [-0.05, 0) is 66.9 Å². The zero-order valence-corrected chi connectivity index (χ0v) is 26.9. The van der Waals surface area contributed by atoms with Crippen molar-refractivity contribution in [3.05, 3.63) is 130 Å². The van der Waals surface area contributed by atoms with Crippen LogP contribution in [0.1, 0.15) is 31.4 Å². The third-order valence-corrected chi connectivity index (χ3v) is 9.52. The van der Waals surface area contributed by atoms with Gasteiger partial charge in [0.2, 0.25) is 11.8 Å². The normalized spacial score (nSPS) is 12.6. The number of nitrogens with zero attached hydrogens (tertiary/aromatic N) is 2. The first-order valence-corrected chi connectivity index (χ1v) is 16.5. The molecule has 0 heterocycles. The summed E-state index contributed by atoms with van der Waals surface area (Å²) in [7, 11) is -4.20. The van der Waals surface area contributed by atoms with Crippen LogP contribution in [0, 0.1) is 0 Å². The van der Waals surface area contributed by atoms with E-state index in [9.17, 15) is 18.0 Å². The van der Waals surface area contributed by atoms with E-state index in [4.69, 9.17) is 23.2 Å². The molecule has 4 aromatic rings. The summed E-state index contributed by atoms with van der Waals surface area (Å²) in [5, 5.41) is 3.87. The first-order chi connectivity index (χ1) is 21.1. The van der Waals surface area contributed by atoms with Crippen LogP contribution < -0.4 is 9.62 Å². The predicted octanol–water partition coefficient (Wildman–Crippen LogP) is 6.74. The van der Waals surface area contributed by atoms with Gasteiger partial charge in [-0.1, -0.05) is 96.9 Å². The highest BCUT2D eigenvalue weighted by Crippen LogP contribution is 2.27. The molecule has 2 amide bonds. The van der Waals surface area contributed by atoms with Crippen molar-refractivity contribution in [3.8, 4) is 0 Å². The average molecular weight is 653 g/mol. The maximum absolute atomic E-state index is 14.4. The van der Waals surface area contributed by atoms with Crippen molar-refractivity contribution in [1.82, 2.24) is 10.2 Å². The molecule has 0 aliphatic carbocycles. The van der Waals surface area contributed by atoms with Crippen LogP contribution in [0.25, 0.3) is 0 Å². The van der Waals surface area contributed by atoms with Gasteiger partial charge < -0.3 is 10.2 Å². The van der Waals surface area contributed by atoms with Crippen molar-refractivity contribution < 1.29 is 18.0 Å². The third kappa shape index (κ3) is 8.62. The van der Waals surface area contributed by atoms with E-state index in [0.29, 0.717) is 16.5 Å². The van der Waals surface area contributed by atoms with Gasteiger partial charge in [-0.3, -0.25) is 13.9 Å². The minimum absolute atomic E-state index is 0.0207. The fraction of sp³-hybridized carbons (Fsp3) is 0.235. The maximum atomic E-state index is 14.4. The Labute approximate surface area is 269 Å². The van der Waals surface area contributed by atoms with Gasteiger partial charge in [0.15, 0.2) is 0 Å². The highest BCUT2D eigenvalue weighted by atomic mass is 35.5. The molecular weight excluding hydrogens is 617 g/mol. The fourth-order valence-electron chi connectivity index (χ4n) is 4.66. The van der Waals surface area contributed by atoms with E-state index in [1.807, 2.05) is 44.2 Å². The number of carbonyl (C=O) groups is 2. The predicted molar refractivity (Wildman–Crippen MR) is 176 cm³/mol. The molecule has 4 aromatic carbocycles. The number of anilines is 1. The van der Waals surface area contributed by atoms with Crippen LogP contribution >= 0.6 is 23.2 Å². The SMILES string of the molecule is CC[C@H](C)NC(=O)[C@@H](Cc1ccccc1)N(Cc1ccc(Cl)cc1)C(=O)CN(c1cccc(Cl)c1)S(=O)(=O)c1ccccc1. The van der Waals surface area contributed by atoms with Gasteiger partial charge in [-0.25, -0.2) is 8.42 Å². The van der Waals surface area contributed by atoms with Crippen LogP contribution in [0.5, 0.6) is 0 Å². The minimum atomic E-state index is -4.20. The van der Waals surface area contributed by atoms with E-state index >= 15 is 0 Å². The van der Waals surface area contributed by atoms with Crippen molar-refractivity contribution >= 4 is 50.7 Å². The molecule has 4 rings (SSSR count). The Balaban J connectivity index is 1.80. The van der Waals surface area contributed by atoms with Crippen LogP contribution in [0.4, 0.5) is 5.69 Å². The number of amides is 2. The molecule has 0 bridgehead atoms. The monoisotopic (exact) mass is 651 g/mol. The van der Waals surface area contributed by atoms with Gasteiger partial charge in [-0.15, -0.1) is 0 Å². The van der Waals surface area contributed by atoms with Crippen LogP contribution in [0.15, 0.2) is 114 Å². The molecule has 0 radical (unpaired) electrons. The van der Waals surface area contributed by atoms with E-state index < -0.39 is 28.5 Å². The van der Waals surface area contributed by atoms with Crippen molar-refractivity contribution in [1.29, 1.82) is 0 Å². The molecule has 1 N–H and O–H groups in total. The van der Waals surface area contributed by atoms with Crippen LogP contribution in [0.3, 0.4) is 0 Å². The molecule has 10 heteroatoms. The summed E-state index contributed by atoms with van der Waals surface area (Å²) in [6.45, 7) is 3.35. The number of hydrogen-bond donors (Lipinski definition) is 1. The molecular formula is C34H35Cl2N3O4S. The van der Waals surface area contributed by atoms with Gasteiger partial charge >= 0.3 is 0 Å². The lowest BCUT2D eigenvalue weighted by atomic mass is 10.0. The average Bonchev–Trinajstić information content (AvgIpc) is 3.03. The van der Waals surface area contributed by atoms with Crippen LogP contribution in [-0.4, -0.2) is 43.8 Å². The van der Waals surface area contributed by atoms with Crippen LogP contribution in [-0.2, 0) is 32.6 Å². The molecule has 0 aliphatic rings. The second-order valence-electron chi connectivity index (χ2n) is 10.5. The van der Waals surface area contributed by atoms with Gasteiger partial charge in [-0.2, -0.15) is 0 Å². The first-order valence-electron chi connectivity index (χ1n) is 14.3. The number of nitrogens with one attached hydrogen (secondary N) is 1. The molecule has 230 valence electrons. The number of hydrogen-bond acceptors (Lipinski definition) is 4. The Kier molecular flexibility index (Phi) is 11.4. The molecule has 0 aromatic heterocycles. The lowest BCUT2D eigenvalue weighted by Crippen LogP contribution is -2.54. The third-order valence-electron chi connectivity index (χ3n) is 7.24. The highest BCUT2D eigenvalue weighted by Gasteiger charge is 2.35. The Morgan fingerprint density at radius 2 is 1.43 bits per heavy atom. The molecule has 0 saturated carbocycles. The standard InChI is InChI=1S/C34H35Cl2N3O4S/c1-3-25(2)37-34(41)32(21-26-11-6-4-7-12-26)38(23-27-17-19-28(35)20-18-27)33(40)24-39(30-14-10-13-29(36)22-30)44(42,43)31-15-8-5-9-16-31/h4-20,22,25,32H,3,21,23-24H2,1-2H3,(H,37,41)/t25-,32+/m0/s1. The van der Waals surface area contributed by atoms with Gasteiger partial charge in [0.1, 0.15) is 12.6 Å². The Bertz CT molecular complexity index is 1650. The molecule has 0 saturated heterocycles. The molecule has 0 spiro atoms. The van der Waals surface area contributed by atoms with E-state index in [-0.39, 0.29) is 35.5 Å². The summed E-state index contributed by atoms with van der Waals surface area (Å²) in [6, 6.07) is 29.6. The van der Waals surface area contributed by atoms with Gasteiger partial charge in [0.25, 0.3) is 10.0 Å². The molecule has 0 aliphatic heterocycles. The van der Waals surface area contributed by atoms with E-state index in [2.05, 4.69) is 5.32 Å². The Hall–Kier alpha value is -3.85. The molecule has 0 fully saturated rings. The number of benzene rings is 4. The molecule has 7 nitrogen and oxygen atoms in total. The zero-order valence-electron chi connectivity index (χ0n) is 24.6. The molecule has 44 heavy (non-hydrogen) atoms. The number of rotatable bonds is 13. The second kappa shape index (κ2) is 15.2. The Morgan fingerprint density at radius 3 is 2.05 bits per heavy atom. The van der Waals surface area contributed by atoms with Crippen molar-refractivity contribution in [2.75, 3.05) is 10.8 Å². The highest BCUT2D eigenvalue weighted by molar-refractivity contribution is 7.92. The lowest BCUT2D eigenvalue weighted by Gasteiger charge is -2.34. The smallest absolute Gasteiger partial charge is 0.264 e. The second-order valence-corrected chi connectivity index (χ2v) is 13.2. The summed E-state index contributed by atoms with van der Waals surface area (Å²) < 4.78 is 29.0. The summed E-state index contributed by atoms with van der Waals surface area (Å²) in [5.41, 5.74) is 1.82. The molecule has 2 atom stereocenters. The van der Waals surface area contributed by atoms with Gasteiger partial charge in [0.05, 0.1) is 10.6 Å². The quantitative estimate of drug-likeness (QED) is 0.173. The fourth-order valence-corrected chi connectivity index (χ4v) is 6.40. The summed E-state index contributed by atoms with van der Waals surface area (Å²) in [6.07, 6.45) is 0.928. The van der Waals surface area contributed by atoms with Crippen molar-refractivity contribution in [2.24, 2.45) is 0 Å². The largest absolute Gasteiger partial charge is 0.352 e. The van der Waals surface area contributed by atoms with E-state index in [1.165, 1.54) is 23.1 Å². The van der Waals surface area contributed by atoms with E-state index in [1.54, 1.807) is 60.7 Å². The van der Waals surface area contributed by atoms with Crippen molar-refractivity contribution in [3.63, 3.8) is 0 Å². The summed E-state index contributed by atoms with van der Waals surface area (Å²) in [4.78, 5) is 29.8. The van der Waals surface area contributed by atoms with Gasteiger partial charge in [0, 0.05) is 29.1 Å². The first kappa shape index (κ1) is 33.1. The summed E-state index contributed by atoms with van der Waals surface area (Å²) in [5.74, 6) is -0.884. The topological polar surface area (TPSA) is 86.8 Å². The zero-order chi connectivity index (χ0) is 31.7. The minimum Gasteiger partial charge on any atom is -0.352 e. The maximum Gasteiger partial charge on any atom is 0.264 e. The molecule has 0 unspecified atom stereocenters. The number of sulfonamides is 1. The van der Waals surface area contributed by atoms with Crippen molar-refractivity contribution in [2.45, 2.75) is 50.2 Å². The lowest BCUT2D eigenvalue weighted by molar-refractivity contribution is -0.140. The summed E-state index contributed by atoms with van der Waals surface area (Å²) >= 11 is 12.4. The number of halogens is 2. The van der Waals surface area contributed by atoms with Crippen LogP contribution in [0.2, 0.25) is 10.0 Å². The number of carbonyl (C=O) groups excluding carboxylic acids is 2.